The van der Waals surface area contributed by atoms with Crippen molar-refractivity contribution in [3.63, 3.8) is 0 Å². The lowest BCUT2D eigenvalue weighted by molar-refractivity contribution is -0.384. The molecule has 1 aromatic heterocycles. The fourth-order valence-electron chi connectivity index (χ4n) is 1.97. The monoisotopic (exact) mass is 257 g/mol. The SMILES string of the molecule is N#CCc1nnc2n1-c1cc([N+](=O)[O-])ccc1OC2. The summed E-state index contributed by atoms with van der Waals surface area (Å²) in [6.45, 7) is 0.225. The Morgan fingerprint density at radius 1 is 1.53 bits per heavy atom. The number of fused-ring (bicyclic) bond motifs is 3. The number of benzene rings is 1. The number of non-ortho nitro benzene ring substituents is 1. The number of ether oxygens (including phenoxy) is 1. The largest absolute Gasteiger partial charge is 0.483 e. The summed E-state index contributed by atoms with van der Waals surface area (Å²) in [6.07, 6.45) is 0.0785. The zero-order chi connectivity index (χ0) is 13.4. The predicted molar refractivity (Wildman–Crippen MR) is 61.7 cm³/mol. The smallest absolute Gasteiger partial charge is 0.271 e. The van der Waals surface area contributed by atoms with Crippen LogP contribution in [-0.4, -0.2) is 19.7 Å². The van der Waals surface area contributed by atoms with Crippen molar-refractivity contribution in [1.82, 2.24) is 14.8 Å². The average molecular weight is 257 g/mol. The molecule has 1 aliphatic rings. The van der Waals surface area contributed by atoms with E-state index in [1.807, 2.05) is 6.07 Å². The summed E-state index contributed by atoms with van der Waals surface area (Å²) >= 11 is 0. The lowest BCUT2D eigenvalue weighted by atomic mass is 10.2. The van der Waals surface area contributed by atoms with Crippen LogP contribution in [0.1, 0.15) is 11.6 Å². The van der Waals surface area contributed by atoms with Crippen LogP contribution in [-0.2, 0) is 13.0 Å². The predicted octanol–water partition coefficient (Wildman–Crippen LogP) is 1.13. The summed E-state index contributed by atoms with van der Waals surface area (Å²) in [4.78, 5) is 10.3. The van der Waals surface area contributed by atoms with Crippen molar-refractivity contribution in [3.05, 3.63) is 40.0 Å². The number of nitro benzene ring substituents is 1. The fourth-order valence-corrected chi connectivity index (χ4v) is 1.97. The minimum Gasteiger partial charge on any atom is -0.483 e. The van der Waals surface area contributed by atoms with E-state index in [2.05, 4.69) is 10.2 Å². The Labute approximate surface area is 107 Å². The molecule has 0 amide bonds. The van der Waals surface area contributed by atoms with Crippen LogP contribution in [0.15, 0.2) is 18.2 Å². The molecule has 8 heteroatoms. The number of aromatic nitrogens is 3. The zero-order valence-corrected chi connectivity index (χ0v) is 9.61. The molecule has 0 unspecified atom stereocenters. The molecule has 0 saturated heterocycles. The van der Waals surface area contributed by atoms with Gasteiger partial charge in [-0.25, -0.2) is 0 Å². The fraction of sp³-hybridized carbons (Fsp3) is 0.182. The minimum absolute atomic E-state index is 0.0493. The van der Waals surface area contributed by atoms with Crippen molar-refractivity contribution < 1.29 is 9.66 Å². The number of hydrogen-bond acceptors (Lipinski definition) is 6. The van der Waals surface area contributed by atoms with Crippen LogP contribution in [0.3, 0.4) is 0 Å². The summed E-state index contributed by atoms with van der Waals surface area (Å²) in [7, 11) is 0. The van der Waals surface area contributed by atoms with Crippen LogP contribution in [0.5, 0.6) is 5.75 Å². The van der Waals surface area contributed by atoms with Crippen LogP contribution >= 0.6 is 0 Å². The second kappa shape index (κ2) is 4.06. The van der Waals surface area contributed by atoms with E-state index >= 15 is 0 Å². The van der Waals surface area contributed by atoms with Gasteiger partial charge in [0.25, 0.3) is 5.69 Å². The molecule has 1 aromatic carbocycles. The molecule has 1 aliphatic heterocycles. The maximum atomic E-state index is 10.8. The van der Waals surface area contributed by atoms with E-state index < -0.39 is 4.92 Å². The van der Waals surface area contributed by atoms with Crippen molar-refractivity contribution in [2.45, 2.75) is 13.0 Å². The highest BCUT2D eigenvalue weighted by Gasteiger charge is 2.24. The van der Waals surface area contributed by atoms with Crippen molar-refractivity contribution in [2.24, 2.45) is 0 Å². The maximum absolute atomic E-state index is 10.8. The van der Waals surface area contributed by atoms with Gasteiger partial charge in [-0.05, 0) is 6.07 Å². The van der Waals surface area contributed by atoms with Crippen LogP contribution in [0.4, 0.5) is 5.69 Å². The highest BCUT2D eigenvalue weighted by atomic mass is 16.6. The molecule has 19 heavy (non-hydrogen) atoms. The molecule has 3 rings (SSSR count). The van der Waals surface area contributed by atoms with Gasteiger partial charge in [-0.1, -0.05) is 0 Å². The molecular weight excluding hydrogens is 250 g/mol. The van der Waals surface area contributed by atoms with Crippen molar-refractivity contribution in [1.29, 1.82) is 5.26 Å². The van der Waals surface area contributed by atoms with Crippen LogP contribution in [0.2, 0.25) is 0 Å². The number of rotatable bonds is 2. The van der Waals surface area contributed by atoms with E-state index in [0.29, 0.717) is 23.1 Å². The third-order valence-electron chi connectivity index (χ3n) is 2.79. The Kier molecular flexibility index (Phi) is 2.38. The molecule has 94 valence electrons. The topological polar surface area (TPSA) is 107 Å². The third kappa shape index (κ3) is 1.68. The molecule has 0 fully saturated rings. The maximum Gasteiger partial charge on any atom is 0.271 e. The van der Waals surface area contributed by atoms with Crippen molar-refractivity contribution >= 4 is 5.69 Å². The Morgan fingerprint density at radius 3 is 3.11 bits per heavy atom. The molecule has 0 saturated carbocycles. The number of nitrogens with zero attached hydrogens (tertiary/aromatic N) is 5. The van der Waals surface area contributed by atoms with E-state index in [4.69, 9.17) is 10.00 Å². The Balaban J connectivity index is 2.21. The van der Waals surface area contributed by atoms with Gasteiger partial charge in [0.05, 0.1) is 23.1 Å². The van der Waals surface area contributed by atoms with Gasteiger partial charge < -0.3 is 4.74 Å². The van der Waals surface area contributed by atoms with Crippen LogP contribution in [0.25, 0.3) is 5.69 Å². The van der Waals surface area contributed by atoms with E-state index in [1.165, 1.54) is 18.2 Å². The first-order chi connectivity index (χ1) is 9.20. The standard InChI is InChI=1S/C11H7N5O3/c12-4-3-10-13-14-11-6-19-9-2-1-7(16(17)18)5-8(9)15(10)11/h1-2,5H,3,6H2. The quantitative estimate of drug-likeness (QED) is 0.589. The highest BCUT2D eigenvalue weighted by molar-refractivity contribution is 5.55. The third-order valence-corrected chi connectivity index (χ3v) is 2.79. The molecule has 0 spiro atoms. The lowest BCUT2D eigenvalue weighted by Gasteiger charge is -2.19. The highest BCUT2D eigenvalue weighted by Crippen LogP contribution is 2.33. The lowest BCUT2D eigenvalue weighted by Crippen LogP contribution is -2.15. The molecule has 0 radical (unpaired) electrons. The van der Waals surface area contributed by atoms with Crippen LogP contribution < -0.4 is 4.74 Å². The molecule has 0 aliphatic carbocycles. The van der Waals surface area contributed by atoms with Gasteiger partial charge in [0.1, 0.15) is 12.4 Å². The van der Waals surface area contributed by atoms with Gasteiger partial charge in [0, 0.05) is 12.1 Å². The van der Waals surface area contributed by atoms with E-state index in [-0.39, 0.29) is 18.7 Å². The normalized spacial score (nSPS) is 11.9. The van der Waals surface area contributed by atoms with Gasteiger partial charge >= 0.3 is 0 Å². The van der Waals surface area contributed by atoms with Crippen molar-refractivity contribution in [3.8, 4) is 17.5 Å². The summed E-state index contributed by atoms with van der Waals surface area (Å²) in [6, 6.07) is 6.29. The molecule has 8 nitrogen and oxygen atoms in total. The van der Waals surface area contributed by atoms with Gasteiger partial charge in [0.15, 0.2) is 11.6 Å². The minimum atomic E-state index is -0.483. The first-order valence-electron chi connectivity index (χ1n) is 5.42. The zero-order valence-electron chi connectivity index (χ0n) is 9.61. The average Bonchev–Trinajstić information content (AvgIpc) is 2.82. The molecule has 2 aromatic rings. The van der Waals surface area contributed by atoms with E-state index in [0.717, 1.165) is 0 Å². The Hall–Kier alpha value is -2.95. The molecule has 0 N–H and O–H groups in total. The van der Waals surface area contributed by atoms with E-state index in [1.54, 1.807) is 4.57 Å². The van der Waals surface area contributed by atoms with E-state index in [9.17, 15) is 10.1 Å². The number of nitriles is 1. The van der Waals surface area contributed by atoms with Gasteiger partial charge in [-0.15, -0.1) is 10.2 Å². The summed E-state index contributed by atoms with van der Waals surface area (Å²) < 4.78 is 7.08. The van der Waals surface area contributed by atoms with Gasteiger partial charge in [-0.3, -0.25) is 14.7 Å². The number of nitro groups is 1. The number of hydrogen-bond donors (Lipinski definition) is 0. The molecule has 0 bridgehead atoms. The molecule has 2 heterocycles. The van der Waals surface area contributed by atoms with Gasteiger partial charge in [0.2, 0.25) is 0 Å². The first kappa shape index (κ1) is 11.2. The molecule has 0 atom stereocenters. The summed E-state index contributed by atoms with van der Waals surface area (Å²) in [5.74, 6) is 1.48. The summed E-state index contributed by atoms with van der Waals surface area (Å²) in [5, 5.41) is 27.4. The van der Waals surface area contributed by atoms with Crippen LogP contribution in [0, 0.1) is 21.4 Å². The second-order valence-corrected chi connectivity index (χ2v) is 3.90. The second-order valence-electron chi connectivity index (χ2n) is 3.90. The summed E-state index contributed by atoms with van der Waals surface area (Å²) in [5.41, 5.74) is 0.442. The molecular formula is C11H7N5O3. The Bertz CT molecular complexity index is 716. The Morgan fingerprint density at radius 2 is 2.37 bits per heavy atom. The van der Waals surface area contributed by atoms with Gasteiger partial charge in [-0.2, -0.15) is 5.26 Å². The first-order valence-corrected chi connectivity index (χ1v) is 5.42. The van der Waals surface area contributed by atoms with Crippen molar-refractivity contribution in [2.75, 3.05) is 0 Å².